The van der Waals surface area contributed by atoms with Crippen LogP contribution in [0.1, 0.15) is 6.42 Å². The SMILES string of the molecule is O=[N+]([O-])c1cnc(SCCC(F)(F)F)nc1. The zero-order chi connectivity index (χ0) is 12.2. The fourth-order valence-electron chi connectivity index (χ4n) is 0.736. The van der Waals surface area contributed by atoms with Crippen LogP contribution in [-0.4, -0.2) is 26.8 Å². The molecule has 0 spiro atoms. The third kappa shape index (κ3) is 4.43. The van der Waals surface area contributed by atoms with Gasteiger partial charge in [-0.2, -0.15) is 13.2 Å². The van der Waals surface area contributed by atoms with Crippen LogP contribution in [0.15, 0.2) is 17.6 Å². The van der Waals surface area contributed by atoms with Crippen molar-refractivity contribution >= 4 is 17.4 Å². The first kappa shape index (κ1) is 12.7. The maximum Gasteiger partial charge on any atom is 0.389 e. The Labute approximate surface area is 92.2 Å². The van der Waals surface area contributed by atoms with Crippen molar-refractivity contribution in [2.75, 3.05) is 5.75 Å². The summed E-state index contributed by atoms with van der Waals surface area (Å²) in [6, 6.07) is 0. The molecule has 0 aliphatic heterocycles. The molecule has 0 atom stereocenters. The Morgan fingerprint density at radius 1 is 1.38 bits per heavy atom. The van der Waals surface area contributed by atoms with Gasteiger partial charge in [0, 0.05) is 5.75 Å². The molecule has 88 valence electrons. The van der Waals surface area contributed by atoms with Crippen LogP contribution in [0.25, 0.3) is 0 Å². The summed E-state index contributed by atoms with van der Waals surface area (Å²) in [5.74, 6) is -0.207. The molecular weight excluding hydrogens is 247 g/mol. The van der Waals surface area contributed by atoms with Crippen molar-refractivity contribution in [1.29, 1.82) is 0 Å². The van der Waals surface area contributed by atoms with Gasteiger partial charge < -0.3 is 0 Å². The summed E-state index contributed by atoms with van der Waals surface area (Å²) in [4.78, 5) is 16.7. The lowest BCUT2D eigenvalue weighted by molar-refractivity contribution is -0.385. The van der Waals surface area contributed by atoms with Crippen molar-refractivity contribution in [3.8, 4) is 0 Å². The molecule has 1 heterocycles. The second kappa shape index (κ2) is 5.10. The van der Waals surface area contributed by atoms with E-state index in [2.05, 4.69) is 9.97 Å². The smallest absolute Gasteiger partial charge is 0.258 e. The van der Waals surface area contributed by atoms with E-state index in [1.165, 1.54) is 0 Å². The topological polar surface area (TPSA) is 68.9 Å². The van der Waals surface area contributed by atoms with Crippen LogP contribution in [0, 0.1) is 10.1 Å². The molecule has 0 unspecified atom stereocenters. The normalized spacial score (nSPS) is 11.4. The van der Waals surface area contributed by atoms with Crippen molar-refractivity contribution < 1.29 is 18.1 Å². The van der Waals surface area contributed by atoms with Gasteiger partial charge in [-0.3, -0.25) is 10.1 Å². The van der Waals surface area contributed by atoms with Gasteiger partial charge in [-0.25, -0.2) is 9.97 Å². The molecule has 0 saturated carbocycles. The molecule has 0 aliphatic rings. The van der Waals surface area contributed by atoms with E-state index in [1.54, 1.807) is 0 Å². The third-order valence-electron chi connectivity index (χ3n) is 1.44. The monoisotopic (exact) mass is 253 g/mol. The quantitative estimate of drug-likeness (QED) is 0.357. The van der Waals surface area contributed by atoms with E-state index in [1.807, 2.05) is 0 Å². The summed E-state index contributed by atoms with van der Waals surface area (Å²) >= 11 is 0.803. The predicted molar refractivity (Wildman–Crippen MR) is 50.1 cm³/mol. The molecule has 0 radical (unpaired) electrons. The first-order valence-corrected chi connectivity index (χ1v) is 5.03. The Hall–Kier alpha value is -1.38. The fourth-order valence-corrected chi connectivity index (χ4v) is 1.51. The molecule has 0 saturated heterocycles. The van der Waals surface area contributed by atoms with Crippen LogP contribution >= 0.6 is 11.8 Å². The van der Waals surface area contributed by atoms with Crippen LogP contribution in [0.2, 0.25) is 0 Å². The molecule has 1 aromatic heterocycles. The van der Waals surface area contributed by atoms with Gasteiger partial charge in [-0.05, 0) is 0 Å². The predicted octanol–water partition coefficient (Wildman–Crippen LogP) is 2.43. The molecule has 0 bridgehead atoms. The van der Waals surface area contributed by atoms with Gasteiger partial charge in [0.15, 0.2) is 5.16 Å². The Morgan fingerprint density at radius 2 is 1.94 bits per heavy atom. The highest BCUT2D eigenvalue weighted by Gasteiger charge is 2.26. The van der Waals surface area contributed by atoms with Crippen LogP contribution in [0.5, 0.6) is 0 Å². The molecule has 1 rings (SSSR count). The standard InChI is InChI=1S/C7H6F3N3O2S/c8-7(9,10)1-2-16-6-11-3-5(4-12-6)13(14)15/h3-4H,1-2H2. The Balaban J connectivity index is 2.47. The molecule has 1 aromatic rings. The molecular formula is C7H6F3N3O2S. The van der Waals surface area contributed by atoms with E-state index in [4.69, 9.17) is 0 Å². The van der Waals surface area contributed by atoms with Gasteiger partial charge in [-0.1, -0.05) is 11.8 Å². The first-order chi connectivity index (χ1) is 7.38. The summed E-state index contributed by atoms with van der Waals surface area (Å²) in [6.45, 7) is 0. The van der Waals surface area contributed by atoms with Crippen molar-refractivity contribution in [2.45, 2.75) is 17.8 Å². The van der Waals surface area contributed by atoms with Crippen molar-refractivity contribution in [3.63, 3.8) is 0 Å². The summed E-state index contributed by atoms with van der Waals surface area (Å²) in [5.41, 5.74) is -0.292. The average Bonchev–Trinajstić information content (AvgIpc) is 2.16. The number of thioether (sulfide) groups is 1. The van der Waals surface area contributed by atoms with Crippen LogP contribution in [-0.2, 0) is 0 Å². The lowest BCUT2D eigenvalue weighted by atomic mass is 10.5. The van der Waals surface area contributed by atoms with E-state index in [9.17, 15) is 23.3 Å². The average molecular weight is 253 g/mol. The van der Waals surface area contributed by atoms with Gasteiger partial charge in [-0.15, -0.1) is 0 Å². The summed E-state index contributed by atoms with van der Waals surface area (Å²) in [5, 5.41) is 10.3. The zero-order valence-electron chi connectivity index (χ0n) is 7.77. The molecule has 0 aliphatic carbocycles. The lowest BCUT2D eigenvalue weighted by Gasteiger charge is -2.04. The molecule has 0 N–H and O–H groups in total. The number of hydrogen-bond acceptors (Lipinski definition) is 5. The number of aromatic nitrogens is 2. The Kier molecular flexibility index (Phi) is 4.05. The van der Waals surface area contributed by atoms with Crippen molar-refractivity contribution in [2.24, 2.45) is 0 Å². The maximum absolute atomic E-state index is 11.8. The summed E-state index contributed by atoms with van der Waals surface area (Å²) in [6.07, 6.45) is -3.24. The van der Waals surface area contributed by atoms with E-state index in [0.29, 0.717) is 0 Å². The molecule has 0 fully saturated rings. The zero-order valence-corrected chi connectivity index (χ0v) is 8.59. The number of rotatable bonds is 4. The third-order valence-corrected chi connectivity index (χ3v) is 2.32. The number of alkyl halides is 3. The second-order valence-corrected chi connectivity index (χ2v) is 3.76. The minimum absolute atomic E-state index is 0.0925. The first-order valence-electron chi connectivity index (χ1n) is 4.04. The van der Waals surface area contributed by atoms with E-state index in [-0.39, 0.29) is 16.6 Å². The van der Waals surface area contributed by atoms with Crippen molar-refractivity contribution in [1.82, 2.24) is 9.97 Å². The van der Waals surface area contributed by atoms with Gasteiger partial charge in [0.1, 0.15) is 12.4 Å². The molecule has 16 heavy (non-hydrogen) atoms. The minimum Gasteiger partial charge on any atom is -0.258 e. The summed E-state index contributed by atoms with van der Waals surface area (Å²) < 4.78 is 35.4. The van der Waals surface area contributed by atoms with E-state index < -0.39 is 17.5 Å². The lowest BCUT2D eigenvalue weighted by Crippen LogP contribution is -2.08. The number of halogens is 3. The molecule has 0 amide bonds. The Bertz CT molecular complexity index is 368. The Morgan fingerprint density at radius 3 is 2.38 bits per heavy atom. The van der Waals surface area contributed by atoms with Gasteiger partial charge in [0.2, 0.25) is 0 Å². The summed E-state index contributed by atoms with van der Waals surface area (Å²) in [7, 11) is 0. The molecule has 9 heteroatoms. The largest absolute Gasteiger partial charge is 0.389 e. The second-order valence-electron chi connectivity index (χ2n) is 2.69. The maximum atomic E-state index is 11.8. The highest BCUT2D eigenvalue weighted by atomic mass is 32.2. The van der Waals surface area contributed by atoms with Gasteiger partial charge >= 0.3 is 11.9 Å². The van der Waals surface area contributed by atoms with E-state index in [0.717, 1.165) is 24.2 Å². The van der Waals surface area contributed by atoms with Gasteiger partial charge in [0.05, 0.1) is 11.3 Å². The highest BCUT2D eigenvalue weighted by molar-refractivity contribution is 7.99. The van der Waals surface area contributed by atoms with Crippen LogP contribution < -0.4 is 0 Å². The van der Waals surface area contributed by atoms with Crippen molar-refractivity contribution in [3.05, 3.63) is 22.5 Å². The fraction of sp³-hybridized carbons (Fsp3) is 0.429. The minimum atomic E-state index is -4.21. The number of hydrogen-bond donors (Lipinski definition) is 0. The molecule has 5 nitrogen and oxygen atoms in total. The number of nitrogens with zero attached hydrogens (tertiary/aromatic N) is 3. The van der Waals surface area contributed by atoms with Gasteiger partial charge in [0.25, 0.3) is 0 Å². The molecule has 0 aromatic carbocycles. The van der Waals surface area contributed by atoms with E-state index >= 15 is 0 Å². The highest BCUT2D eigenvalue weighted by Crippen LogP contribution is 2.24. The van der Waals surface area contributed by atoms with Crippen LogP contribution in [0.4, 0.5) is 18.9 Å². The van der Waals surface area contributed by atoms with Crippen LogP contribution in [0.3, 0.4) is 0 Å². The number of nitro groups is 1.